The Morgan fingerprint density at radius 1 is 1.07 bits per heavy atom. The first-order valence-electron chi connectivity index (χ1n) is 4.55. The van der Waals surface area contributed by atoms with Crippen LogP contribution in [0.15, 0.2) is 0 Å². The molecule has 0 spiro atoms. The minimum atomic E-state index is -0.106. The quantitative estimate of drug-likeness (QED) is 0.544. The van der Waals surface area contributed by atoms with Gasteiger partial charge in [0.25, 0.3) is 0 Å². The van der Waals surface area contributed by atoms with E-state index < -0.39 is 0 Å². The Balaban J connectivity index is 3.46. The minimum absolute atomic E-state index is 0.0122. The van der Waals surface area contributed by atoms with Crippen molar-refractivity contribution in [2.75, 3.05) is 26.4 Å². The summed E-state index contributed by atoms with van der Waals surface area (Å²) in [4.78, 5) is 20.0. The highest BCUT2D eigenvalue weighted by atomic mass is 17.0. The van der Waals surface area contributed by atoms with Gasteiger partial charge in [0, 0.05) is 25.0 Å². The van der Waals surface area contributed by atoms with Gasteiger partial charge < -0.3 is 10.2 Å². The van der Waals surface area contributed by atoms with Crippen LogP contribution in [0.25, 0.3) is 0 Å². The molecule has 0 fully saturated rings. The molecule has 14 heavy (non-hydrogen) atoms. The average Bonchev–Trinajstić information content (AvgIpc) is 2.22. The predicted molar refractivity (Wildman–Crippen MR) is 48.0 cm³/mol. The fraction of sp³-hybridized carbons (Fsp3) is 1.00. The molecule has 0 saturated carbocycles. The molecule has 84 valence electrons. The monoisotopic (exact) mass is 208 g/mol. The van der Waals surface area contributed by atoms with Gasteiger partial charge in [-0.05, 0) is 0 Å². The van der Waals surface area contributed by atoms with Crippen LogP contribution in [0.5, 0.6) is 0 Å². The summed E-state index contributed by atoms with van der Waals surface area (Å²) < 4.78 is 0. The molecule has 6 heteroatoms. The van der Waals surface area contributed by atoms with Crippen LogP contribution >= 0.6 is 0 Å². The van der Waals surface area contributed by atoms with Gasteiger partial charge in [-0.2, -0.15) is 9.68 Å². The van der Waals surface area contributed by atoms with Gasteiger partial charge in [-0.25, -0.2) is 0 Å². The molecule has 0 aromatic rings. The summed E-state index contributed by atoms with van der Waals surface area (Å²) >= 11 is 0. The van der Waals surface area contributed by atoms with Crippen molar-refractivity contribution in [2.24, 2.45) is 11.8 Å². The number of aliphatic hydroxyl groups is 2. The van der Waals surface area contributed by atoms with Gasteiger partial charge >= 0.3 is 5.09 Å². The largest absolute Gasteiger partial charge is 0.477 e. The SMILES string of the molecule is CC(CO)CO[N+](=O)OCC(C)CO. The van der Waals surface area contributed by atoms with E-state index in [0.717, 1.165) is 0 Å². The fourth-order valence-corrected chi connectivity index (χ4v) is 0.519. The molecule has 0 aromatic heterocycles. The molecular formula is C8H18NO5+. The third-order valence-electron chi connectivity index (χ3n) is 1.55. The Bertz CT molecular complexity index is 148. The molecule has 0 aliphatic heterocycles. The maximum Gasteiger partial charge on any atom is 0.477 e. The number of nitrogens with zero attached hydrogens (tertiary/aromatic N) is 1. The predicted octanol–water partition coefficient (Wildman–Crippen LogP) is -0.115. The maximum atomic E-state index is 10.8. The Labute approximate surface area is 82.9 Å². The second kappa shape index (κ2) is 7.52. The molecule has 0 rings (SSSR count). The Morgan fingerprint density at radius 2 is 1.43 bits per heavy atom. The molecule has 0 amide bonds. The highest BCUT2D eigenvalue weighted by molar-refractivity contribution is 4.43. The van der Waals surface area contributed by atoms with Crippen molar-refractivity contribution in [3.8, 4) is 0 Å². The van der Waals surface area contributed by atoms with Crippen LogP contribution in [0, 0.1) is 16.7 Å². The fourth-order valence-electron chi connectivity index (χ4n) is 0.519. The molecule has 6 nitrogen and oxygen atoms in total. The van der Waals surface area contributed by atoms with E-state index in [1.54, 1.807) is 13.8 Å². The van der Waals surface area contributed by atoms with Crippen molar-refractivity contribution in [2.45, 2.75) is 13.8 Å². The topological polar surface area (TPSA) is 79.0 Å². The zero-order chi connectivity index (χ0) is 11.0. The Kier molecular flexibility index (Phi) is 7.04. The summed E-state index contributed by atoms with van der Waals surface area (Å²) in [6.07, 6.45) is 0. The first-order chi connectivity index (χ1) is 6.60. The molecule has 0 bridgehead atoms. The van der Waals surface area contributed by atoms with Gasteiger partial charge in [0.05, 0.1) is 0 Å². The van der Waals surface area contributed by atoms with Gasteiger partial charge in [0.2, 0.25) is 0 Å². The lowest BCUT2D eigenvalue weighted by atomic mass is 10.2. The Hall–Kier alpha value is -0.880. The van der Waals surface area contributed by atoms with Crippen LogP contribution in [0.3, 0.4) is 0 Å². The standard InChI is InChI=1S/C8H18NO5/c1-7(3-10)5-13-9(12)14-6-8(2)4-11/h7-8,10-11H,3-6H2,1-2H3/q+1. The van der Waals surface area contributed by atoms with Crippen molar-refractivity contribution in [3.05, 3.63) is 4.91 Å². The number of aliphatic hydroxyl groups excluding tert-OH is 2. The third-order valence-corrected chi connectivity index (χ3v) is 1.55. The van der Waals surface area contributed by atoms with Crippen LogP contribution in [0.2, 0.25) is 0 Å². The van der Waals surface area contributed by atoms with Crippen LogP contribution in [0.1, 0.15) is 13.8 Å². The lowest BCUT2D eigenvalue weighted by Crippen LogP contribution is -2.20. The second-order valence-electron chi connectivity index (χ2n) is 3.39. The zero-order valence-corrected chi connectivity index (χ0v) is 8.55. The molecular weight excluding hydrogens is 190 g/mol. The first-order valence-corrected chi connectivity index (χ1v) is 4.55. The normalized spacial score (nSPS) is 14.6. The lowest BCUT2D eigenvalue weighted by molar-refractivity contribution is -0.982. The summed E-state index contributed by atoms with van der Waals surface area (Å²) in [6.45, 7) is 3.61. The number of rotatable bonds is 8. The number of hydrogen-bond acceptors (Lipinski definition) is 5. The molecule has 0 aromatic carbocycles. The van der Waals surface area contributed by atoms with E-state index in [-0.39, 0.29) is 43.3 Å². The molecule has 0 heterocycles. The van der Waals surface area contributed by atoms with Gasteiger partial charge in [-0.1, -0.05) is 13.8 Å². The van der Waals surface area contributed by atoms with Crippen molar-refractivity contribution < 1.29 is 25.0 Å². The highest BCUT2D eigenvalue weighted by Crippen LogP contribution is 1.97. The summed E-state index contributed by atoms with van der Waals surface area (Å²) in [5.74, 6) is -0.212. The minimum Gasteiger partial charge on any atom is -0.396 e. The van der Waals surface area contributed by atoms with E-state index in [4.69, 9.17) is 10.2 Å². The summed E-state index contributed by atoms with van der Waals surface area (Å²) in [5, 5.41) is 17.3. The Morgan fingerprint density at radius 3 is 1.71 bits per heavy atom. The van der Waals surface area contributed by atoms with E-state index in [2.05, 4.69) is 9.68 Å². The van der Waals surface area contributed by atoms with Crippen LogP contribution in [-0.2, 0) is 9.68 Å². The van der Waals surface area contributed by atoms with Crippen molar-refractivity contribution in [1.29, 1.82) is 0 Å². The third kappa shape index (κ3) is 6.62. The zero-order valence-electron chi connectivity index (χ0n) is 8.55. The van der Waals surface area contributed by atoms with E-state index in [1.165, 1.54) is 0 Å². The van der Waals surface area contributed by atoms with E-state index in [0.29, 0.717) is 0 Å². The maximum absolute atomic E-state index is 10.8. The van der Waals surface area contributed by atoms with Gasteiger partial charge in [0.1, 0.15) is 4.91 Å². The van der Waals surface area contributed by atoms with E-state index >= 15 is 0 Å². The number of hydrogen-bond donors (Lipinski definition) is 2. The van der Waals surface area contributed by atoms with E-state index in [9.17, 15) is 4.91 Å². The summed E-state index contributed by atoms with van der Waals surface area (Å²) in [7, 11) is 0. The second-order valence-corrected chi connectivity index (χ2v) is 3.39. The van der Waals surface area contributed by atoms with Crippen molar-refractivity contribution >= 4 is 0 Å². The highest BCUT2D eigenvalue weighted by Gasteiger charge is 2.16. The smallest absolute Gasteiger partial charge is 0.396 e. The van der Waals surface area contributed by atoms with Gasteiger partial charge in [-0.15, -0.1) is 0 Å². The molecule has 2 unspecified atom stereocenters. The summed E-state index contributed by atoms with van der Waals surface area (Å²) in [5.41, 5.74) is 0. The van der Waals surface area contributed by atoms with Crippen LogP contribution in [-0.4, -0.2) is 41.7 Å². The molecule has 0 radical (unpaired) electrons. The lowest BCUT2D eigenvalue weighted by Gasteiger charge is -2.03. The van der Waals surface area contributed by atoms with Crippen LogP contribution < -0.4 is 0 Å². The van der Waals surface area contributed by atoms with E-state index in [1.807, 2.05) is 0 Å². The molecule has 0 aliphatic rings. The van der Waals surface area contributed by atoms with Crippen LogP contribution in [0.4, 0.5) is 0 Å². The first kappa shape index (κ1) is 13.1. The van der Waals surface area contributed by atoms with Crippen molar-refractivity contribution in [3.63, 3.8) is 0 Å². The van der Waals surface area contributed by atoms with Crippen molar-refractivity contribution in [1.82, 2.24) is 0 Å². The van der Waals surface area contributed by atoms with Gasteiger partial charge in [-0.3, -0.25) is 0 Å². The molecule has 2 atom stereocenters. The summed E-state index contributed by atoms with van der Waals surface area (Å²) in [6, 6.07) is 0. The average molecular weight is 208 g/mol. The molecule has 0 aliphatic carbocycles. The van der Waals surface area contributed by atoms with Gasteiger partial charge in [0.15, 0.2) is 13.2 Å². The molecule has 2 N–H and O–H groups in total. The molecule has 0 saturated heterocycles.